The van der Waals surface area contributed by atoms with Gasteiger partial charge in [0.1, 0.15) is 11.5 Å². The molecule has 0 radical (unpaired) electrons. The van der Waals surface area contributed by atoms with E-state index >= 15 is 0 Å². The summed E-state index contributed by atoms with van der Waals surface area (Å²) in [4.78, 5) is 23.8. The van der Waals surface area contributed by atoms with Gasteiger partial charge in [0.15, 0.2) is 0 Å². The fourth-order valence-corrected chi connectivity index (χ4v) is 6.74. The van der Waals surface area contributed by atoms with E-state index in [-0.39, 0.29) is 22.7 Å². The van der Waals surface area contributed by atoms with Gasteiger partial charge in [-0.15, -0.1) is 0 Å². The van der Waals surface area contributed by atoms with Crippen molar-refractivity contribution in [1.82, 2.24) is 0 Å². The largest absolute Gasteiger partial charge is 0.431 e. The van der Waals surface area contributed by atoms with E-state index in [1.165, 1.54) is 12.8 Å². The van der Waals surface area contributed by atoms with E-state index in [1.54, 1.807) is 6.92 Å². The molecule has 1 aliphatic heterocycles. The van der Waals surface area contributed by atoms with Crippen LogP contribution in [0.1, 0.15) is 65.7 Å². The summed E-state index contributed by atoms with van der Waals surface area (Å²) < 4.78 is 5.61. The van der Waals surface area contributed by atoms with Crippen LogP contribution >= 0.6 is 0 Å². The number of rotatable bonds is 1. The van der Waals surface area contributed by atoms with Crippen molar-refractivity contribution in [2.24, 2.45) is 34.5 Å². The number of esters is 1. The van der Waals surface area contributed by atoms with Crippen molar-refractivity contribution in [2.45, 2.75) is 65.7 Å². The van der Waals surface area contributed by atoms with E-state index < -0.39 is 0 Å². The molecule has 3 fully saturated rings. The number of hydrogen-bond acceptors (Lipinski definition) is 3. The number of hydrogen-bond donors (Lipinski definition) is 0. The third-order valence-electron chi connectivity index (χ3n) is 7.96. The number of ketones is 1. The summed E-state index contributed by atoms with van der Waals surface area (Å²) in [6.45, 7) is 6.46. The first-order valence-electron chi connectivity index (χ1n) is 9.28. The molecular weight excluding hydrogens is 288 g/mol. The fourth-order valence-electron chi connectivity index (χ4n) is 6.74. The van der Waals surface area contributed by atoms with Crippen LogP contribution in [-0.2, 0) is 14.3 Å². The van der Waals surface area contributed by atoms with Crippen molar-refractivity contribution in [2.75, 3.05) is 0 Å². The average Bonchev–Trinajstić information content (AvgIpc) is 2.85. The summed E-state index contributed by atoms with van der Waals surface area (Å²) in [6, 6.07) is 0. The quantitative estimate of drug-likeness (QED) is 0.679. The second kappa shape index (κ2) is 4.94. The van der Waals surface area contributed by atoms with Crippen molar-refractivity contribution in [3.05, 3.63) is 11.8 Å². The van der Waals surface area contributed by atoms with Gasteiger partial charge in [-0.3, -0.25) is 9.59 Å². The minimum Gasteiger partial charge on any atom is -0.431 e. The Morgan fingerprint density at radius 2 is 1.96 bits per heavy atom. The second-order valence-corrected chi connectivity index (χ2v) is 8.86. The minimum atomic E-state index is -0.0645. The first kappa shape index (κ1) is 15.4. The molecule has 0 unspecified atom stereocenters. The molecule has 126 valence electrons. The topological polar surface area (TPSA) is 43.4 Å². The number of allylic oxidation sites excluding steroid dienone is 2. The van der Waals surface area contributed by atoms with Gasteiger partial charge in [-0.25, -0.2) is 0 Å². The first-order valence-corrected chi connectivity index (χ1v) is 9.28. The molecule has 23 heavy (non-hydrogen) atoms. The molecule has 0 amide bonds. The highest BCUT2D eigenvalue weighted by Crippen LogP contribution is 2.65. The Balaban J connectivity index is 1.67. The molecular formula is C20H28O3. The van der Waals surface area contributed by atoms with Crippen LogP contribution in [-0.4, -0.2) is 11.8 Å². The van der Waals surface area contributed by atoms with Gasteiger partial charge in [-0.1, -0.05) is 13.8 Å². The maximum Gasteiger partial charge on any atom is 0.310 e. The zero-order chi connectivity index (χ0) is 16.4. The SMILES string of the molecule is CC(=O)[C@H]1CC[C@H]2[C@@H]3CC=C4OC(=O)CC[C@]4(C)[C@@H]3CC[C@]12C. The van der Waals surface area contributed by atoms with Crippen LogP contribution in [0.25, 0.3) is 0 Å². The lowest BCUT2D eigenvalue weighted by atomic mass is 9.49. The van der Waals surface area contributed by atoms with E-state index in [9.17, 15) is 9.59 Å². The summed E-state index contributed by atoms with van der Waals surface area (Å²) in [5.74, 6) is 3.45. The van der Waals surface area contributed by atoms with Crippen LogP contribution in [0, 0.1) is 34.5 Å². The van der Waals surface area contributed by atoms with Crippen LogP contribution in [0.2, 0.25) is 0 Å². The molecule has 1 saturated heterocycles. The Kier molecular flexibility index (Phi) is 3.31. The molecule has 0 aromatic rings. The van der Waals surface area contributed by atoms with Crippen molar-refractivity contribution in [1.29, 1.82) is 0 Å². The third-order valence-corrected chi connectivity index (χ3v) is 7.96. The predicted octanol–water partition coefficient (Wildman–Crippen LogP) is 4.27. The van der Waals surface area contributed by atoms with Gasteiger partial charge in [0.2, 0.25) is 0 Å². The van der Waals surface area contributed by atoms with Gasteiger partial charge in [-0.2, -0.15) is 0 Å². The third kappa shape index (κ3) is 2.01. The van der Waals surface area contributed by atoms with Crippen LogP contribution in [0.3, 0.4) is 0 Å². The Morgan fingerprint density at radius 1 is 1.17 bits per heavy atom. The molecule has 2 saturated carbocycles. The standard InChI is InChI=1S/C20H28O3/c1-12(21)14-5-6-15-13-4-7-17-20(3,11-9-18(22)23-17)16(13)8-10-19(14,15)2/h7,13-16H,4-6,8-11H2,1-3H3/t13-,14+,15-,16+,19+,20+/m0/s1. The summed E-state index contributed by atoms with van der Waals surface area (Å²) in [5.41, 5.74) is 0.229. The highest BCUT2D eigenvalue weighted by molar-refractivity contribution is 5.79. The Bertz CT molecular complexity index is 592. The number of Topliss-reactive ketones (excluding diaryl/α,β-unsaturated/α-hetero) is 1. The average molecular weight is 316 g/mol. The van der Waals surface area contributed by atoms with Crippen molar-refractivity contribution >= 4 is 11.8 Å². The number of carbonyl (C=O) groups excluding carboxylic acids is 2. The number of fused-ring (bicyclic) bond motifs is 5. The van der Waals surface area contributed by atoms with E-state index in [0.717, 1.165) is 31.4 Å². The smallest absolute Gasteiger partial charge is 0.310 e. The van der Waals surface area contributed by atoms with Crippen LogP contribution in [0.5, 0.6) is 0 Å². The fraction of sp³-hybridized carbons (Fsp3) is 0.800. The van der Waals surface area contributed by atoms with E-state index in [0.29, 0.717) is 30.0 Å². The molecule has 0 aromatic carbocycles. The maximum absolute atomic E-state index is 12.1. The number of carbonyl (C=O) groups is 2. The van der Waals surface area contributed by atoms with Crippen molar-refractivity contribution in [3.8, 4) is 0 Å². The molecule has 0 bridgehead atoms. The van der Waals surface area contributed by atoms with Crippen molar-refractivity contribution in [3.63, 3.8) is 0 Å². The zero-order valence-corrected chi connectivity index (χ0v) is 14.6. The second-order valence-electron chi connectivity index (χ2n) is 8.86. The molecule has 4 rings (SSSR count). The van der Waals surface area contributed by atoms with Crippen LogP contribution in [0.4, 0.5) is 0 Å². The van der Waals surface area contributed by atoms with Gasteiger partial charge in [0.25, 0.3) is 0 Å². The van der Waals surface area contributed by atoms with Crippen LogP contribution in [0.15, 0.2) is 11.8 Å². The van der Waals surface area contributed by atoms with E-state index in [1.807, 2.05) is 0 Å². The normalized spacial score (nSPS) is 48.7. The van der Waals surface area contributed by atoms with Gasteiger partial charge < -0.3 is 4.74 Å². The summed E-state index contributed by atoms with van der Waals surface area (Å²) in [7, 11) is 0. The minimum absolute atomic E-state index is 0.0342. The molecule has 3 heteroatoms. The van der Waals surface area contributed by atoms with Gasteiger partial charge >= 0.3 is 5.97 Å². The Labute approximate surface area is 138 Å². The lowest BCUT2D eigenvalue weighted by Gasteiger charge is -2.56. The first-order chi connectivity index (χ1) is 10.9. The molecule has 0 aromatic heterocycles. The molecule has 0 N–H and O–H groups in total. The Hall–Kier alpha value is -1.12. The maximum atomic E-state index is 12.1. The van der Waals surface area contributed by atoms with E-state index in [2.05, 4.69) is 19.9 Å². The monoisotopic (exact) mass is 316 g/mol. The van der Waals surface area contributed by atoms with Gasteiger partial charge in [-0.05, 0) is 74.7 Å². The van der Waals surface area contributed by atoms with Gasteiger partial charge in [0.05, 0.1) is 0 Å². The molecule has 4 aliphatic rings. The Morgan fingerprint density at radius 3 is 2.70 bits per heavy atom. The van der Waals surface area contributed by atoms with Crippen molar-refractivity contribution < 1.29 is 14.3 Å². The van der Waals surface area contributed by atoms with Crippen LogP contribution < -0.4 is 0 Å². The molecule has 3 aliphatic carbocycles. The summed E-state index contributed by atoms with van der Waals surface area (Å²) in [6.07, 6.45) is 9.29. The molecule has 6 atom stereocenters. The number of ether oxygens (including phenoxy) is 1. The highest BCUT2D eigenvalue weighted by Gasteiger charge is 2.60. The lowest BCUT2D eigenvalue weighted by Crippen LogP contribution is -2.51. The summed E-state index contributed by atoms with van der Waals surface area (Å²) in [5, 5.41) is 0. The predicted molar refractivity (Wildman–Crippen MR) is 87.3 cm³/mol. The molecule has 1 heterocycles. The lowest BCUT2D eigenvalue weighted by molar-refractivity contribution is -0.152. The summed E-state index contributed by atoms with van der Waals surface area (Å²) >= 11 is 0. The molecule has 3 nitrogen and oxygen atoms in total. The van der Waals surface area contributed by atoms with E-state index in [4.69, 9.17) is 4.74 Å². The molecule has 0 spiro atoms. The highest BCUT2D eigenvalue weighted by atomic mass is 16.5. The van der Waals surface area contributed by atoms with Gasteiger partial charge in [0, 0.05) is 17.8 Å². The zero-order valence-electron chi connectivity index (χ0n) is 14.6.